The van der Waals surface area contributed by atoms with E-state index in [4.69, 9.17) is 4.74 Å². The van der Waals surface area contributed by atoms with E-state index in [-0.39, 0.29) is 0 Å². The third kappa shape index (κ3) is 1.89. The molecule has 0 radical (unpaired) electrons. The second-order valence-corrected chi connectivity index (χ2v) is 4.28. The van der Waals surface area contributed by atoms with Crippen LogP contribution in [-0.4, -0.2) is 18.0 Å². The quantitative estimate of drug-likeness (QED) is 0.667. The molecule has 19 heavy (non-hydrogen) atoms. The smallest absolute Gasteiger partial charge is 0.166 e. The Kier molecular flexibility index (Phi) is 2.80. The summed E-state index contributed by atoms with van der Waals surface area (Å²) in [7, 11) is 1.64. The van der Waals surface area contributed by atoms with Gasteiger partial charge in [-0.25, -0.2) is 0 Å². The second kappa shape index (κ2) is 4.61. The molecule has 0 N–H and O–H groups in total. The van der Waals surface area contributed by atoms with Gasteiger partial charge >= 0.3 is 0 Å². The van der Waals surface area contributed by atoms with Crippen LogP contribution in [0.5, 0.6) is 5.75 Å². The molecule has 0 fully saturated rings. The normalized spacial score (nSPS) is 10.6. The monoisotopic (exact) mass is 251 g/mol. The number of fused-ring (bicyclic) bond motifs is 1. The van der Waals surface area contributed by atoms with Crippen LogP contribution in [0.1, 0.15) is 10.5 Å². The third-order valence-corrected chi connectivity index (χ3v) is 3.18. The molecule has 0 aliphatic heterocycles. The Hall–Kier alpha value is -2.55. The SMILES string of the molecule is COc1ccc2cc(C=O)n(-c3ccccc3)c2c1. The van der Waals surface area contributed by atoms with Crippen LogP contribution in [0.15, 0.2) is 54.6 Å². The van der Waals surface area contributed by atoms with Crippen molar-refractivity contribution in [3.63, 3.8) is 0 Å². The van der Waals surface area contributed by atoms with E-state index in [0.717, 1.165) is 28.6 Å². The summed E-state index contributed by atoms with van der Waals surface area (Å²) in [6, 6.07) is 17.5. The predicted octanol–water partition coefficient (Wildman–Crippen LogP) is 3.45. The molecule has 0 saturated carbocycles. The van der Waals surface area contributed by atoms with E-state index in [2.05, 4.69) is 0 Å². The van der Waals surface area contributed by atoms with Crippen LogP contribution in [0, 0.1) is 0 Å². The number of hydrogen-bond acceptors (Lipinski definition) is 2. The molecule has 94 valence electrons. The molecular weight excluding hydrogens is 238 g/mol. The van der Waals surface area contributed by atoms with E-state index in [9.17, 15) is 4.79 Å². The molecule has 0 unspecified atom stereocenters. The standard InChI is InChI=1S/C16H13NO2/c1-19-15-8-7-12-9-14(11-18)17(16(12)10-15)13-5-3-2-4-6-13/h2-11H,1H3. The number of benzene rings is 2. The van der Waals surface area contributed by atoms with Gasteiger partial charge in [0.2, 0.25) is 0 Å². The van der Waals surface area contributed by atoms with Crippen molar-refractivity contribution in [2.45, 2.75) is 0 Å². The average Bonchev–Trinajstić information content (AvgIpc) is 2.85. The Morgan fingerprint density at radius 3 is 2.53 bits per heavy atom. The summed E-state index contributed by atoms with van der Waals surface area (Å²) in [6.45, 7) is 0. The first-order valence-corrected chi connectivity index (χ1v) is 6.03. The summed E-state index contributed by atoms with van der Waals surface area (Å²) in [5.41, 5.74) is 2.56. The first-order chi connectivity index (χ1) is 9.33. The number of carbonyl (C=O) groups excluding carboxylic acids is 1. The van der Waals surface area contributed by atoms with Crippen molar-refractivity contribution in [3.05, 3.63) is 60.3 Å². The van der Waals surface area contributed by atoms with Gasteiger partial charge in [-0.2, -0.15) is 0 Å². The van der Waals surface area contributed by atoms with Crippen molar-refractivity contribution in [3.8, 4) is 11.4 Å². The minimum Gasteiger partial charge on any atom is -0.497 e. The molecule has 3 nitrogen and oxygen atoms in total. The van der Waals surface area contributed by atoms with Gasteiger partial charge in [0.1, 0.15) is 5.75 Å². The summed E-state index contributed by atoms with van der Waals surface area (Å²) < 4.78 is 7.19. The van der Waals surface area contributed by atoms with Crippen LogP contribution in [-0.2, 0) is 0 Å². The molecule has 0 amide bonds. The summed E-state index contributed by atoms with van der Waals surface area (Å²) in [4.78, 5) is 11.3. The molecule has 3 heteroatoms. The van der Waals surface area contributed by atoms with E-state index in [1.807, 2.05) is 59.2 Å². The number of ether oxygens (including phenoxy) is 1. The fourth-order valence-electron chi connectivity index (χ4n) is 2.28. The van der Waals surface area contributed by atoms with Gasteiger partial charge in [0, 0.05) is 17.1 Å². The van der Waals surface area contributed by atoms with Gasteiger partial charge in [-0.15, -0.1) is 0 Å². The lowest BCUT2D eigenvalue weighted by Gasteiger charge is -2.08. The maximum absolute atomic E-state index is 11.3. The number of aromatic nitrogens is 1. The molecule has 2 aromatic carbocycles. The number of rotatable bonds is 3. The van der Waals surface area contributed by atoms with Crippen LogP contribution in [0.3, 0.4) is 0 Å². The zero-order chi connectivity index (χ0) is 13.2. The highest BCUT2D eigenvalue weighted by Gasteiger charge is 2.10. The minimum atomic E-state index is 0.634. The molecule has 0 atom stereocenters. The van der Waals surface area contributed by atoms with E-state index >= 15 is 0 Å². The predicted molar refractivity (Wildman–Crippen MR) is 75.2 cm³/mol. The fraction of sp³-hybridized carbons (Fsp3) is 0.0625. The first kappa shape index (κ1) is 11.5. The van der Waals surface area contributed by atoms with Gasteiger partial charge in [0.25, 0.3) is 0 Å². The fourth-order valence-corrected chi connectivity index (χ4v) is 2.28. The van der Waals surface area contributed by atoms with Gasteiger partial charge in [0.05, 0.1) is 18.3 Å². The first-order valence-electron chi connectivity index (χ1n) is 6.03. The van der Waals surface area contributed by atoms with Gasteiger partial charge in [-0.3, -0.25) is 4.79 Å². The zero-order valence-electron chi connectivity index (χ0n) is 10.5. The lowest BCUT2D eigenvalue weighted by molar-refractivity contribution is 0.111. The maximum Gasteiger partial charge on any atom is 0.166 e. The number of methoxy groups -OCH3 is 1. The Balaban J connectivity index is 2.34. The second-order valence-electron chi connectivity index (χ2n) is 4.28. The van der Waals surface area contributed by atoms with Crippen molar-refractivity contribution >= 4 is 17.2 Å². The van der Waals surface area contributed by atoms with Crippen molar-refractivity contribution in [1.82, 2.24) is 4.57 Å². The lowest BCUT2D eigenvalue weighted by atomic mass is 10.2. The number of aldehydes is 1. The summed E-state index contributed by atoms with van der Waals surface area (Å²) in [5.74, 6) is 0.778. The van der Waals surface area contributed by atoms with Gasteiger partial charge < -0.3 is 9.30 Å². The number of carbonyl (C=O) groups is 1. The Labute approximate surface area is 111 Å². The Morgan fingerprint density at radius 1 is 1.05 bits per heavy atom. The molecule has 0 saturated heterocycles. The minimum absolute atomic E-state index is 0.634. The van der Waals surface area contributed by atoms with Crippen molar-refractivity contribution < 1.29 is 9.53 Å². The Morgan fingerprint density at radius 2 is 1.84 bits per heavy atom. The highest BCUT2D eigenvalue weighted by Crippen LogP contribution is 2.27. The van der Waals surface area contributed by atoms with E-state index in [1.54, 1.807) is 7.11 Å². The molecule has 1 aromatic heterocycles. The van der Waals surface area contributed by atoms with Crippen LogP contribution in [0.25, 0.3) is 16.6 Å². The van der Waals surface area contributed by atoms with Crippen molar-refractivity contribution in [2.75, 3.05) is 7.11 Å². The molecule has 3 rings (SSSR count). The van der Waals surface area contributed by atoms with Crippen LogP contribution in [0.4, 0.5) is 0 Å². The molecule has 0 aliphatic rings. The molecule has 1 heterocycles. The van der Waals surface area contributed by atoms with Gasteiger partial charge in [0.15, 0.2) is 6.29 Å². The molecule has 0 bridgehead atoms. The van der Waals surface area contributed by atoms with E-state index < -0.39 is 0 Å². The summed E-state index contributed by atoms with van der Waals surface area (Å²) >= 11 is 0. The van der Waals surface area contributed by atoms with Crippen molar-refractivity contribution in [1.29, 1.82) is 0 Å². The van der Waals surface area contributed by atoms with Crippen molar-refractivity contribution in [2.24, 2.45) is 0 Å². The maximum atomic E-state index is 11.3. The van der Waals surface area contributed by atoms with Crippen LogP contribution >= 0.6 is 0 Å². The van der Waals surface area contributed by atoms with Crippen LogP contribution < -0.4 is 4.74 Å². The summed E-state index contributed by atoms with van der Waals surface area (Å²) in [5, 5.41) is 1.02. The largest absolute Gasteiger partial charge is 0.497 e. The molecule has 3 aromatic rings. The summed E-state index contributed by atoms with van der Waals surface area (Å²) in [6.07, 6.45) is 0.874. The van der Waals surface area contributed by atoms with Gasteiger partial charge in [-0.1, -0.05) is 18.2 Å². The lowest BCUT2D eigenvalue weighted by Crippen LogP contribution is -1.98. The number of para-hydroxylation sites is 1. The zero-order valence-corrected chi connectivity index (χ0v) is 10.5. The van der Waals surface area contributed by atoms with Gasteiger partial charge in [-0.05, 0) is 30.3 Å². The third-order valence-electron chi connectivity index (χ3n) is 3.18. The molecule has 0 spiro atoms. The Bertz CT molecular complexity index is 729. The average molecular weight is 251 g/mol. The molecule has 0 aliphatic carbocycles. The number of hydrogen-bond donors (Lipinski definition) is 0. The highest BCUT2D eigenvalue weighted by molar-refractivity contribution is 5.91. The molecular formula is C16H13NO2. The highest BCUT2D eigenvalue weighted by atomic mass is 16.5. The van der Waals surface area contributed by atoms with Crippen LogP contribution in [0.2, 0.25) is 0 Å². The number of nitrogens with zero attached hydrogens (tertiary/aromatic N) is 1. The van der Waals surface area contributed by atoms with E-state index in [1.165, 1.54) is 0 Å². The van der Waals surface area contributed by atoms with E-state index in [0.29, 0.717) is 5.69 Å². The topological polar surface area (TPSA) is 31.2 Å².